The van der Waals surface area contributed by atoms with Crippen molar-refractivity contribution in [2.45, 2.75) is 57.2 Å². The largest absolute Gasteiger partial charge is 0.351 e. The second-order valence-corrected chi connectivity index (χ2v) is 6.94. The van der Waals surface area contributed by atoms with E-state index in [0.29, 0.717) is 18.5 Å². The third-order valence-electron chi connectivity index (χ3n) is 4.54. The van der Waals surface area contributed by atoms with E-state index >= 15 is 0 Å². The van der Waals surface area contributed by atoms with Gasteiger partial charge < -0.3 is 21.4 Å². The van der Waals surface area contributed by atoms with Gasteiger partial charge in [0.1, 0.15) is 12.1 Å². The summed E-state index contributed by atoms with van der Waals surface area (Å²) in [6.45, 7) is 2.00. The minimum Gasteiger partial charge on any atom is -0.351 e. The maximum absolute atomic E-state index is 12.7. The Morgan fingerprint density at radius 3 is 2.55 bits per heavy atom. The predicted octanol–water partition coefficient (Wildman–Crippen LogP) is 0.792. The summed E-state index contributed by atoms with van der Waals surface area (Å²) in [5.74, 6) is -0.827. The molecule has 0 unspecified atom stereocenters. The Bertz CT molecular complexity index is 764. The normalized spacial score (nSPS) is 13.9. The van der Waals surface area contributed by atoms with Crippen molar-refractivity contribution in [1.82, 2.24) is 20.6 Å². The average molecular weight is 398 g/mol. The summed E-state index contributed by atoms with van der Waals surface area (Å²) in [6.07, 6.45) is 7.64. The van der Waals surface area contributed by atoms with E-state index in [1.54, 1.807) is 6.20 Å². The van der Waals surface area contributed by atoms with Gasteiger partial charge in [-0.25, -0.2) is 4.98 Å². The van der Waals surface area contributed by atoms with E-state index in [1.165, 1.54) is 6.33 Å². The molecule has 1 radical (unpaired) electrons. The minimum atomic E-state index is -0.843. The molecule has 3 atom stereocenters. The number of aromatic amines is 1. The van der Waals surface area contributed by atoms with Crippen LogP contribution in [-0.2, 0) is 27.2 Å². The van der Waals surface area contributed by atoms with E-state index in [-0.39, 0.29) is 6.42 Å². The standard InChI is InChI=1S/C21H28N5O3/c1-2-3-9-19(21(29)25-17(13-27)11-16-12-23-14-24-16)26-20(28)18(22)10-15-7-5-4-6-8-15/h4-8,12,14,17-19H,2-3,9-11,22H2,1H3,(H,23,24)(H,25,29)(H,26,28)/t17-,18-,19-/m0/s1. The second kappa shape index (κ2) is 11.8. The molecule has 0 aliphatic heterocycles. The smallest absolute Gasteiger partial charge is 0.243 e. The lowest BCUT2D eigenvalue weighted by Gasteiger charge is -2.22. The molecule has 1 aromatic carbocycles. The third-order valence-corrected chi connectivity index (χ3v) is 4.54. The fourth-order valence-electron chi connectivity index (χ4n) is 2.92. The van der Waals surface area contributed by atoms with Crippen LogP contribution in [-0.4, -0.2) is 46.2 Å². The Kier molecular flexibility index (Phi) is 9.04. The SMILES string of the molecule is CCCC[C@H](NC(=O)[C@@H](N)Cc1ccccc1)C(=O)N[C@H]([C]=O)Cc1c[nH]cn1. The van der Waals surface area contributed by atoms with Crippen LogP contribution in [0.15, 0.2) is 42.9 Å². The van der Waals surface area contributed by atoms with Gasteiger partial charge >= 0.3 is 0 Å². The monoisotopic (exact) mass is 398 g/mol. The van der Waals surface area contributed by atoms with Crippen molar-refractivity contribution in [2.75, 3.05) is 0 Å². The van der Waals surface area contributed by atoms with E-state index in [0.717, 1.165) is 18.4 Å². The van der Waals surface area contributed by atoms with Crippen molar-refractivity contribution in [3.8, 4) is 0 Å². The third kappa shape index (κ3) is 7.50. The van der Waals surface area contributed by atoms with Gasteiger partial charge in [0.25, 0.3) is 0 Å². The molecule has 0 saturated heterocycles. The summed E-state index contributed by atoms with van der Waals surface area (Å²) in [5.41, 5.74) is 7.61. The number of carbonyl (C=O) groups excluding carboxylic acids is 3. The number of nitrogens with zero attached hydrogens (tertiary/aromatic N) is 1. The van der Waals surface area contributed by atoms with E-state index in [4.69, 9.17) is 5.73 Å². The van der Waals surface area contributed by atoms with Gasteiger partial charge in [-0.05, 0) is 18.4 Å². The number of hydrogen-bond donors (Lipinski definition) is 4. The Morgan fingerprint density at radius 1 is 1.17 bits per heavy atom. The molecule has 8 heteroatoms. The van der Waals surface area contributed by atoms with Gasteiger partial charge in [-0.15, -0.1) is 0 Å². The lowest BCUT2D eigenvalue weighted by molar-refractivity contribution is -0.130. The molecule has 155 valence electrons. The van der Waals surface area contributed by atoms with Gasteiger partial charge in [0, 0.05) is 12.6 Å². The Labute approximate surface area is 170 Å². The molecule has 2 rings (SSSR count). The van der Waals surface area contributed by atoms with Crippen LogP contribution in [0.4, 0.5) is 0 Å². The second-order valence-electron chi connectivity index (χ2n) is 6.94. The van der Waals surface area contributed by atoms with Crippen LogP contribution in [0.1, 0.15) is 37.4 Å². The molecule has 5 N–H and O–H groups in total. The zero-order valence-electron chi connectivity index (χ0n) is 16.6. The Morgan fingerprint density at radius 2 is 1.93 bits per heavy atom. The first kappa shape index (κ1) is 22.3. The molecule has 2 amide bonds. The van der Waals surface area contributed by atoms with E-state index in [1.807, 2.05) is 43.5 Å². The Balaban J connectivity index is 1.96. The number of amides is 2. The molecule has 2 aromatic rings. The first-order valence-electron chi connectivity index (χ1n) is 9.79. The summed E-state index contributed by atoms with van der Waals surface area (Å²) in [7, 11) is 0. The van der Waals surface area contributed by atoms with Crippen molar-refractivity contribution >= 4 is 18.1 Å². The van der Waals surface area contributed by atoms with Gasteiger partial charge in [0.05, 0.1) is 18.1 Å². The highest BCUT2D eigenvalue weighted by Gasteiger charge is 2.25. The first-order valence-corrected chi connectivity index (χ1v) is 9.79. The van der Waals surface area contributed by atoms with E-state index in [9.17, 15) is 14.4 Å². The molecule has 1 aromatic heterocycles. The van der Waals surface area contributed by atoms with Crippen LogP contribution in [0, 0.1) is 0 Å². The fourth-order valence-corrected chi connectivity index (χ4v) is 2.92. The lowest BCUT2D eigenvalue weighted by atomic mass is 10.0. The molecule has 0 fully saturated rings. The summed E-state index contributed by atoms with van der Waals surface area (Å²) >= 11 is 0. The lowest BCUT2D eigenvalue weighted by Crippen LogP contribution is -2.54. The molecular formula is C21H28N5O3. The highest BCUT2D eigenvalue weighted by atomic mass is 16.2. The topological polar surface area (TPSA) is 130 Å². The number of nitrogens with two attached hydrogens (primary N) is 1. The maximum Gasteiger partial charge on any atom is 0.243 e. The molecule has 29 heavy (non-hydrogen) atoms. The molecule has 0 aliphatic carbocycles. The molecule has 0 saturated carbocycles. The van der Waals surface area contributed by atoms with Crippen LogP contribution in [0.2, 0.25) is 0 Å². The molecular weight excluding hydrogens is 370 g/mol. The summed E-state index contributed by atoms with van der Waals surface area (Å²) in [5, 5.41) is 5.37. The zero-order valence-corrected chi connectivity index (χ0v) is 16.6. The molecule has 8 nitrogen and oxygen atoms in total. The van der Waals surface area contributed by atoms with Gasteiger partial charge in [-0.1, -0.05) is 50.1 Å². The number of rotatable bonds is 12. The summed E-state index contributed by atoms with van der Waals surface area (Å²) in [6, 6.07) is 7.07. The number of H-pyrrole nitrogens is 1. The van der Waals surface area contributed by atoms with Crippen LogP contribution < -0.4 is 16.4 Å². The van der Waals surface area contributed by atoms with Crippen molar-refractivity contribution < 1.29 is 14.4 Å². The van der Waals surface area contributed by atoms with E-state index < -0.39 is 29.9 Å². The summed E-state index contributed by atoms with van der Waals surface area (Å²) in [4.78, 5) is 43.3. The number of unbranched alkanes of at least 4 members (excludes halogenated alkanes) is 1. The minimum absolute atomic E-state index is 0.223. The van der Waals surface area contributed by atoms with Crippen LogP contribution in [0.3, 0.4) is 0 Å². The van der Waals surface area contributed by atoms with Crippen LogP contribution >= 0.6 is 0 Å². The number of aromatic nitrogens is 2. The van der Waals surface area contributed by atoms with Gasteiger partial charge in [-0.2, -0.15) is 0 Å². The van der Waals surface area contributed by atoms with Crippen LogP contribution in [0.5, 0.6) is 0 Å². The fraction of sp³-hybridized carbons (Fsp3) is 0.429. The number of carbonyl (C=O) groups is 2. The van der Waals surface area contributed by atoms with Crippen LogP contribution in [0.25, 0.3) is 0 Å². The summed E-state index contributed by atoms with van der Waals surface area (Å²) < 4.78 is 0. The highest BCUT2D eigenvalue weighted by molar-refractivity contribution is 5.90. The zero-order chi connectivity index (χ0) is 21.1. The molecule has 0 spiro atoms. The van der Waals surface area contributed by atoms with Crippen molar-refractivity contribution in [3.05, 3.63) is 54.1 Å². The number of hydrogen-bond acceptors (Lipinski definition) is 5. The molecule has 1 heterocycles. The quantitative estimate of drug-likeness (QED) is 0.420. The Hall–Kier alpha value is -3.00. The molecule has 0 bridgehead atoms. The highest BCUT2D eigenvalue weighted by Crippen LogP contribution is 2.06. The first-order chi connectivity index (χ1) is 14.0. The number of imidazole rings is 1. The van der Waals surface area contributed by atoms with Gasteiger partial charge in [-0.3, -0.25) is 14.4 Å². The molecule has 0 aliphatic rings. The number of nitrogens with one attached hydrogen (secondary N) is 3. The maximum atomic E-state index is 12.7. The van der Waals surface area contributed by atoms with Gasteiger partial charge in [0.2, 0.25) is 18.1 Å². The van der Waals surface area contributed by atoms with Gasteiger partial charge in [0.15, 0.2) is 0 Å². The predicted molar refractivity (Wildman–Crippen MR) is 109 cm³/mol. The van der Waals surface area contributed by atoms with Crippen molar-refractivity contribution in [1.29, 1.82) is 0 Å². The number of benzene rings is 1. The average Bonchev–Trinajstić information content (AvgIpc) is 3.24. The van der Waals surface area contributed by atoms with Crippen molar-refractivity contribution in [2.24, 2.45) is 5.73 Å². The van der Waals surface area contributed by atoms with E-state index in [2.05, 4.69) is 20.6 Å². The van der Waals surface area contributed by atoms with Crippen molar-refractivity contribution in [3.63, 3.8) is 0 Å².